The van der Waals surface area contributed by atoms with Gasteiger partial charge in [0.15, 0.2) is 0 Å². The number of nitrogens with zero attached hydrogens (tertiary/aromatic N) is 1. The van der Waals surface area contributed by atoms with Gasteiger partial charge in [0.1, 0.15) is 12.1 Å². The number of para-hydroxylation sites is 1. The molecule has 0 saturated heterocycles. The summed E-state index contributed by atoms with van der Waals surface area (Å²) < 4.78 is 0. The number of hydrogen-bond acceptors (Lipinski definition) is 3. The van der Waals surface area contributed by atoms with Crippen molar-refractivity contribution in [3.8, 4) is 11.1 Å². The molecule has 39 heavy (non-hydrogen) atoms. The third-order valence-electron chi connectivity index (χ3n) is 9.13. The molecule has 2 N–H and O–H groups in total. The van der Waals surface area contributed by atoms with Crippen LogP contribution in [-0.2, 0) is 14.4 Å². The standard InChI is InChI=1S/C33H43N3O3/c1-36-29-19-11-10-17-26(29)25-16-8-9-18-27(25)31(33(36)39)35-32(38)28(21-20-23-12-4-2-5-13-23)34-30(37)22-24-14-6-3-7-15-24/h8-11,16-19,23-24,28,31H,2-7,12-15,20-22H2,1H3,(H,34,37)(H,35,38). The Balaban J connectivity index is 1.35. The largest absolute Gasteiger partial charge is 0.344 e. The molecule has 1 heterocycles. The van der Waals surface area contributed by atoms with Crippen molar-refractivity contribution in [3.63, 3.8) is 0 Å². The zero-order chi connectivity index (χ0) is 27.2. The quantitative estimate of drug-likeness (QED) is 0.421. The average Bonchev–Trinajstić information content (AvgIpc) is 3.06. The SMILES string of the molecule is CN1C(=O)C(NC(=O)C(CCC2CCCCC2)NC(=O)CC2CCCCC2)c2ccccc2-c2ccccc21. The Morgan fingerprint density at radius 1 is 0.846 bits per heavy atom. The smallest absolute Gasteiger partial charge is 0.253 e. The van der Waals surface area contributed by atoms with Crippen molar-refractivity contribution in [3.05, 3.63) is 54.1 Å². The van der Waals surface area contributed by atoms with Crippen molar-refractivity contribution >= 4 is 23.4 Å². The van der Waals surface area contributed by atoms with Gasteiger partial charge in [-0.2, -0.15) is 0 Å². The molecule has 2 atom stereocenters. The predicted octanol–water partition coefficient (Wildman–Crippen LogP) is 6.30. The van der Waals surface area contributed by atoms with Crippen molar-refractivity contribution in [1.82, 2.24) is 10.6 Å². The van der Waals surface area contributed by atoms with E-state index in [1.165, 1.54) is 51.4 Å². The molecule has 2 aromatic carbocycles. The molecule has 1 aliphatic heterocycles. The number of likely N-dealkylation sites (N-methyl/N-ethyl adjacent to an activating group) is 1. The van der Waals surface area contributed by atoms with Crippen LogP contribution in [0.1, 0.15) is 95.1 Å². The van der Waals surface area contributed by atoms with Gasteiger partial charge >= 0.3 is 0 Å². The van der Waals surface area contributed by atoms with Crippen LogP contribution >= 0.6 is 0 Å². The second-order valence-electron chi connectivity index (χ2n) is 11.9. The molecule has 2 fully saturated rings. The summed E-state index contributed by atoms with van der Waals surface area (Å²) in [5.74, 6) is 0.520. The van der Waals surface area contributed by atoms with E-state index in [4.69, 9.17) is 0 Å². The number of nitrogens with one attached hydrogen (secondary N) is 2. The maximum absolute atomic E-state index is 13.9. The van der Waals surface area contributed by atoms with Gasteiger partial charge < -0.3 is 15.5 Å². The highest BCUT2D eigenvalue weighted by molar-refractivity contribution is 6.06. The molecule has 6 nitrogen and oxygen atoms in total. The fraction of sp³-hybridized carbons (Fsp3) is 0.545. The lowest BCUT2D eigenvalue weighted by Gasteiger charge is -2.28. The number of rotatable bonds is 8. The van der Waals surface area contributed by atoms with Gasteiger partial charge in [-0.15, -0.1) is 0 Å². The van der Waals surface area contributed by atoms with Gasteiger partial charge in [0.25, 0.3) is 5.91 Å². The van der Waals surface area contributed by atoms with E-state index in [9.17, 15) is 14.4 Å². The van der Waals surface area contributed by atoms with E-state index in [0.29, 0.717) is 24.7 Å². The Labute approximate surface area is 232 Å². The third kappa shape index (κ3) is 6.54. The summed E-state index contributed by atoms with van der Waals surface area (Å²) in [5, 5.41) is 6.18. The van der Waals surface area contributed by atoms with Crippen molar-refractivity contribution < 1.29 is 14.4 Å². The summed E-state index contributed by atoms with van der Waals surface area (Å²) in [4.78, 5) is 42.4. The van der Waals surface area contributed by atoms with Crippen LogP contribution < -0.4 is 15.5 Å². The molecule has 0 bridgehead atoms. The van der Waals surface area contributed by atoms with E-state index in [2.05, 4.69) is 10.6 Å². The number of carbonyl (C=O) groups excluding carboxylic acids is 3. The lowest BCUT2D eigenvalue weighted by Crippen LogP contribution is -2.50. The Morgan fingerprint density at radius 2 is 1.46 bits per heavy atom. The number of fused-ring (bicyclic) bond motifs is 3. The van der Waals surface area contributed by atoms with Crippen molar-refractivity contribution in [2.75, 3.05) is 11.9 Å². The van der Waals surface area contributed by atoms with Gasteiger partial charge in [0, 0.05) is 19.0 Å². The first kappa shape index (κ1) is 27.4. The molecule has 2 unspecified atom stereocenters. The first-order chi connectivity index (χ1) is 19.0. The minimum absolute atomic E-state index is 0.0391. The first-order valence-corrected chi connectivity index (χ1v) is 15.1. The van der Waals surface area contributed by atoms with Crippen LogP contribution in [-0.4, -0.2) is 30.8 Å². The highest BCUT2D eigenvalue weighted by atomic mass is 16.2. The number of hydrogen-bond donors (Lipinski definition) is 2. The van der Waals surface area contributed by atoms with Crippen LogP contribution in [0.2, 0.25) is 0 Å². The molecule has 2 aliphatic carbocycles. The van der Waals surface area contributed by atoms with Crippen LogP contribution in [0, 0.1) is 11.8 Å². The molecule has 2 aromatic rings. The average molecular weight is 530 g/mol. The van der Waals surface area contributed by atoms with Crippen molar-refractivity contribution in [1.29, 1.82) is 0 Å². The molecular formula is C33H43N3O3. The van der Waals surface area contributed by atoms with Crippen LogP contribution in [0.25, 0.3) is 11.1 Å². The second-order valence-corrected chi connectivity index (χ2v) is 11.9. The summed E-state index contributed by atoms with van der Waals surface area (Å²) in [6.45, 7) is 0. The second kappa shape index (κ2) is 12.8. The van der Waals surface area contributed by atoms with Crippen LogP contribution in [0.15, 0.2) is 48.5 Å². The van der Waals surface area contributed by atoms with Gasteiger partial charge in [0.2, 0.25) is 11.8 Å². The number of amides is 3. The van der Waals surface area contributed by atoms with E-state index in [1.54, 1.807) is 11.9 Å². The molecule has 0 aromatic heterocycles. The number of carbonyl (C=O) groups is 3. The van der Waals surface area contributed by atoms with E-state index < -0.39 is 12.1 Å². The van der Waals surface area contributed by atoms with Crippen LogP contribution in [0.3, 0.4) is 0 Å². The number of anilines is 1. The summed E-state index contributed by atoms with van der Waals surface area (Å²) in [6.07, 6.45) is 14.0. The summed E-state index contributed by atoms with van der Waals surface area (Å²) >= 11 is 0. The summed E-state index contributed by atoms with van der Waals surface area (Å²) in [6, 6.07) is 14.2. The van der Waals surface area contributed by atoms with Crippen LogP contribution in [0.4, 0.5) is 5.69 Å². The summed E-state index contributed by atoms with van der Waals surface area (Å²) in [5.41, 5.74) is 3.51. The highest BCUT2D eigenvalue weighted by Crippen LogP contribution is 2.39. The summed E-state index contributed by atoms with van der Waals surface area (Å²) in [7, 11) is 1.76. The van der Waals surface area contributed by atoms with E-state index in [0.717, 1.165) is 41.6 Å². The Kier molecular flexibility index (Phi) is 9.00. The fourth-order valence-electron chi connectivity index (χ4n) is 6.87. The van der Waals surface area contributed by atoms with Gasteiger partial charge in [-0.3, -0.25) is 14.4 Å². The monoisotopic (exact) mass is 529 g/mol. The van der Waals surface area contributed by atoms with Crippen LogP contribution in [0.5, 0.6) is 0 Å². The van der Waals surface area contributed by atoms with Gasteiger partial charge in [-0.25, -0.2) is 0 Å². The zero-order valence-corrected chi connectivity index (χ0v) is 23.3. The molecule has 5 rings (SSSR count). The molecule has 6 heteroatoms. The van der Waals surface area contributed by atoms with E-state index in [1.807, 2.05) is 48.5 Å². The minimum Gasteiger partial charge on any atom is -0.344 e. The molecule has 2 saturated carbocycles. The van der Waals surface area contributed by atoms with E-state index in [-0.39, 0.29) is 17.7 Å². The molecular weight excluding hydrogens is 486 g/mol. The Hall–Kier alpha value is -3.15. The molecule has 3 aliphatic rings. The van der Waals surface area contributed by atoms with Crippen molar-refractivity contribution in [2.45, 2.75) is 95.6 Å². The van der Waals surface area contributed by atoms with Gasteiger partial charge in [-0.05, 0) is 54.7 Å². The third-order valence-corrected chi connectivity index (χ3v) is 9.13. The van der Waals surface area contributed by atoms with Gasteiger partial charge in [0.05, 0.1) is 5.69 Å². The Bertz CT molecular complexity index is 1170. The van der Waals surface area contributed by atoms with Crippen molar-refractivity contribution in [2.24, 2.45) is 11.8 Å². The highest BCUT2D eigenvalue weighted by Gasteiger charge is 2.35. The first-order valence-electron chi connectivity index (χ1n) is 15.1. The molecule has 0 spiro atoms. The zero-order valence-electron chi connectivity index (χ0n) is 23.3. The fourth-order valence-corrected chi connectivity index (χ4v) is 6.87. The number of benzene rings is 2. The Morgan fingerprint density at radius 3 is 2.18 bits per heavy atom. The predicted molar refractivity (Wildman–Crippen MR) is 155 cm³/mol. The molecule has 3 amide bonds. The maximum atomic E-state index is 13.9. The minimum atomic E-state index is -0.821. The van der Waals surface area contributed by atoms with Gasteiger partial charge in [-0.1, -0.05) is 93.8 Å². The molecule has 208 valence electrons. The molecule has 0 radical (unpaired) electrons. The van der Waals surface area contributed by atoms with E-state index >= 15 is 0 Å². The normalized spacial score (nSPS) is 20.9. The lowest BCUT2D eigenvalue weighted by atomic mass is 9.85. The topological polar surface area (TPSA) is 78.5 Å². The maximum Gasteiger partial charge on any atom is 0.253 e. The lowest BCUT2D eigenvalue weighted by molar-refractivity contribution is -0.132.